The van der Waals surface area contributed by atoms with Crippen LogP contribution >= 0.6 is 11.3 Å². The van der Waals surface area contributed by atoms with E-state index in [1.165, 1.54) is 11.3 Å². The van der Waals surface area contributed by atoms with Crippen LogP contribution in [0.1, 0.15) is 21.7 Å². The van der Waals surface area contributed by atoms with Crippen molar-refractivity contribution >= 4 is 17.2 Å². The number of rotatable bonds is 3. The Kier molecular flexibility index (Phi) is 4.49. The van der Waals surface area contributed by atoms with Gasteiger partial charge in [-0.25, -0.2) is 5.84 Å². The fourth-order valence-electron chi connectivity index (χ4n) is 1.92. The zero-order chi connectivity index (χ0) is 12.1. The second-order valence-corrected chi connectivity index (χ2v) is 4.91. The fourth-order valence-corrected chi connectivity index (χ4v) is 2.74. The summed E-state index contributed by atoms with van der Waals surface area (Å²) in [6.45, 7) is 4.31. The van der Waals surface area contributed by atoms with E-state index in [9.17, 15) is 4.79 Å². The molecule has 1 aliphatic heterocycles. The van der Waals surface area contributed by atoms with Gasteiger partial charge in [0.25, 0.3) is 5.91 Å². The van der Waals surface area contributed by atoms with Gasteiger partial charge in [-0.1, -0.05) is 0 Å². The van der Waals surface area contributed by atoms with Gasteiger partial charge in [-0.05, 0) is 23.4 Å². The number of amides is 1. The summed E-state index contributed by atoms with van der Waals surface area (Å²) in [7, 11) is 0. The molecule has 1 amide bonds. The van der Waals surface area contributed by atoms with Crippen molar-refractivity contribution in [1.82, 2.24) is 10.3 Å². The van der Waals surface area contributed by atoms with Crippen LogP contribution in [-0.4, -0.2) is 37.1 Å². The van der Waals surface area contributed by atoms with E-state index in [1.54, 1.807) is 0 Å². The summed E-state index contributed by atoms with van der Waals surface area (Å²) in [4.78, 5) is 14.6. The first kappa shape index (κ1) is 12.5. The molecule has 1 fully saturated rings. The Balaban J connectivity index is 2.02. The summed E-state index contributed by atoms with van der Waals surface area (Å²) in [5, 5.41) is 1.92. The highest BCUT2D eigenvalue weighted by Gasteiger charge is 2.16. The first-order valence-electron chi connectivity index (χ1n) is 5.68. The van der Waals surface area contributed by atoms with Crippen LogP contribution in [0.5, 0.6) is 0 Å². The van der Waals surface area contributed by atoms with Crippen LogP contribution in [0.15, 0.2) is 11.4 Å². The van der Waals surface area contributed by atoms with Gasteiger partial charge in [-0.3, -0.25) is 15.1 Å². The molecule has 0 atom stereocenters. The first-order chi connectivity index (χ1) is 8.31. The van der Waals surface area contributed by atoms with Crippen LogP contribution in [0.2, 0.25) is 0 Å². The number of nitrogens with one attached hydrogen (secondary N) is 1. The van der Waals surface area contributed by atoms with Crippen molar-refractivity contribution in [3.05, 3.63) is 21.9 Å². The predicted octanol–water partition coefficient (Wildman–Crippen LogP) is 0.574. The summed E-state index contributed by atoms with van der Waals surface area (Å²) in [6, 6.07) is 1.99. The third kappa shape index (κ3) is 3.26. The van der Waals surface area contributed by atoms with Gasteiger partial charge in [-0.2, -0.15) is 0 Å². The Labute approximate surface area is 105 Å². The highest BCUT2D eigenvalue weighted by atomic mass is 32.1. The molecule has 0 radical (unpaired) electrons. The van der Waals surface area contributed by atoms with Gasteiger partial charge >= 0.3 is 0 Å². The van der Waals surface area contributed by atoms with Crippen LogP contribution in [0.4, 0.5) is 0 Å². The Morgan fingerprint density at radius 1 is 1.53 bits per heavy atom. The zero-order valence-electron chi connectivity index (χ0n) is 9.65. The molecule has 5 nitrogen and oxygen atoms in total. The fraction of sp³-hybridized carbons (Fsp3) is 0.545. The lowest BCUT2D eigenvalue weighted by molar-refractivity contribution is 0.0955. The average molecular weight is 255 g/mol. The van der Waals surface area contributed by atoms with Gasteiger partial charge in [0.2, 0.25) is 0 Å². The normalized spacial score (nSPS) is 17.7. The standard InChI is InChI=1S/C11H17N3O2S/c12-13-11(15)10-9(2-7-17-10)8-14-3-1-5-16-6-4-14/h2,7H,1,3-6,8,12H2,(H,13,15). The van der Waals surface area contributed by atoms with Gasteiger partial charge in [0.15, 0.2) is 0 Å². The van der Waals surface area contributed by atoms with Crippen molar-refractivity contribution in [2.45, 2.75) is 13.0 Å². The molecule has 0 aliphatic carbocycles. The SMILES string of the molecule is NNC(=O)c1sccc1CN1CCCOCC1. The van der Waals surface area contributed by atoms with E-state index in [-0.39, 0.29) is 5.91 Å². The third-order valence-corrected chi connectivity index (χ3v) is 3.75. The number of nitrogens with two attached hydrogens (primary N) is 1. The smallest absolute Gasteiger partial charge is 0.275 e. The minimum absolute atomic E-state index is 0.207. The van der Waals surface area contributed by atoms with Gasteiger partial charge in [0, 0.05) is 26.2 Å². The largest absolute Gasteiger partial charge is 0.380 e. The maximum atomic E-state index is 11.5. The second kappa shape index (κ2) is 6.11. The Hall–Kier alpha value is -0.950. The Morgan fingerprint density at radius 3 is 3.24 bits per heavy atom. The number of nitrogens with zero attached hydrogens (tertiary/aromatic N) is 1. The molecule has 0 aromatic carbocycles. The van der Waals surface area contributed by atoms with E-state index in [1.807, 2.05) is 11.4 Å². The van der Waals surface area contributed by atoms with E-state index < -0.39 is 0 Å². The topological polar surface area (TPSA) is 67.6 Å². The lowest BCUT2D eigenvalue weighted by Crippen LogP contribution is -2.31. The molecule has 0 unspecified atom stereocenters. The molecule has 3 N–H and O–H groups in total. The summed E-state index contributed by atoms with van der Waals surface area (Å²) in [5.74, 6) is 4.96. The molecule has 2 rings (SSSR count). The van der Waals surface area contributed by atoms with Crippen LogP contribution < -0.4 is 11.3 Å². The minimum Gasteiger partial charge on any atom is -0.380 e. The van der Waals surface area contributed by atoms with Gasteiger partial charge in [0.05, 0.1) is 11.5 Å². The van der Waals surface area contributed by atoms with Crippen molar-refractivity contribution < 1.29 is 9.53 Å². The summed E-state index contributed by atoms with van der Waals surface area (Å²) < 4.78 is 5.40. The van der Waals surface area contributed by atoms with E-state index in [0.29, 0.717) is 4.88 Å². The number of hydrogen-bond acceptors (Lipinski definition) is 5. The van der Waals surface area contributed by atoms with E-state index in [0.717, 1.165) is 44.8 Å². The number of carbonyl (C=O) groups is 1. The van der Waals surface area contributed by atoms with Gasteiger partial charge in [-0.15, -0.1) is 11.3 Å². The summed E-state index contributed by atoms with van der Waals surface area (Å²) in [5.41, 5.74) is 3.23. The minimum atomic E-state index is -0.207. The van der Waals surface area contributed by atoms with Crippen molar-refractivity contribution in [2.75, 3.05) is 26.3 Å². The number of carbonyl (C=O) groups excluding carboxylic acids is 1. The van der Waals surface area contributed by atoms with Crippen molar-refractivity contribution in [1.29, 1.82) is 0 Å². The molecule has 94 valence electrons. The van der Waals surface area contributed by atoms with E-state index in [4.69, 9.17) is 10.6 Å². The number of nitrogen functional groups attached to an aromatic ring is 1. The van der Waals surface area contributed by atoms with E-state index in [2.05, 4.69) is 10.3 Å². The molecule has 0 spiro atoms. The second-order valence-electron chi connectivity index (χ2n) is 3.99. The molecule has 0 bridgehead atoms. The lowest BCUT2D eigenvalue weighted by Gasteiger charge is -2.18. The Morgan fingerprint density at radius 2 is 2.41 bits per heavy atom. The molecule has 17 heavy (non-hydrogen) atoms. The summed E-state index contributed by atoms with van der Waals surface area (Å²) >= 11 is 1.43. The lowest BCUT2D eigenvalue weighted by atomic mass is 10.2. The molecular formula is C11H17N3O2S. The van der Waals surface area contributed by atoms with Gasteiger partial charge < -0.3 is 4.74 Å². The molecular weight excluding hydrogens is 238 g/mol. The number of hydrazine groups is 1. The van der Waals surface area contributed by atoms with Crippen LogP contribution in [-0.2, 0) is 11.3 Å². The Bertz CT molecular complexity index is 373. The van der Waals surface area contributed by atoms with Crippen LogP contribution in [0.3, 0.4) is 0 Å². The van der Waals surface area contributed by atoms with Gasteiger partial charge in [0.1, 0.15) is 0 Å². The van der Waals surface area contributed by atoms with Crippen molar-refractivity contribution in [3.8, 4) is 0 Å². The molecule has 2 heterocycles. The van der Waals surface area contributed by atoms with Crippen LogP contribution in [0.25, 0.3) is 0 Å². The maximum absolute atomic E-state index is 11.5. The number of ether oxygens (including phenoxy) is 1. The van der Waals surface area contributed by atoms with Crippen molar-refractivity contribution in [2.24, 2.45) is 5.84 Å². The molecule has 0 saturated carbocycles. The molecule has 1 aromatic rings. The van der Waals surface area contributed by atoms with E-state index >= 15 is 0 Å². The third-order valence-electron chi connectivity index (χ3n) is 2.79. The van der Waals surface area contributed by atoms with Crippen molar-refractivity contribution in [3.63, 3.8) is 0 Å². The molecule has 6 heteroatoms. The molecule has 1 saturated heterocycles. The number of hydrogen-bond donors (Lipinski definition) is 2. The highest BCUT2D eigenvalue weighted by molar-refractivity contribution is 7.12. The number of thiophene rings is 1. The first-order valence-corrected chi connectivity index (χ1v) is 6.56. The quantitative estimate of drug-likeness (QED) is 0.471. The highest BCUT2D eigenvalue weighted by Crippen LogP contribution is 2.19. The zero-order valence-corrected chi connectivity index (χ0v) is 10.5. The molecule has 1 aromatic heterocycles. The maximum Gasteiger partial charge on any atom is 0.275 e. The molecule has 1 aliphatic rings. The van der Waals surface area contributed by atoms with Crippen LogP contribution in [0, 0.1) is 0 Å². The monoisotopic (exact) mass is 255 g/mol. The summed E-state index contributed by atoms with van der Waals surface area (Å²) in [6.07, 6.45) is 1.04. The predicted molar refractivity (Wildman–Crippen MR) is 66.7 cm³/mol. The average Bonchev–Trinajstić information content (AvgIpc) is 2.64.